The Morgan fingerprint density at radius 3 is 2.65 bits per heavy atom. The van der Waals surface area contributed by atoms with Crippen molar-refractivity contribution in [3.63, 3.8) is 0 Å². The van der Waals surface area contributed by atoms with Crippen LogP contribution in [0.1, 0.15) is 43.7 Å². The normalized spacial score (nSPS) is 10.9. The zero-order chi connectivity index (χ0) is 15.0. The topological polar surface area (TPSA) is 26.3 Å². The minimum absolute atomic E-state index is 0.250. The third kappa shape index (κ3) is 5.88. The van der Waals surface area contributed by atoms with Gasteiger partial charge in [0.25, 0.3) is 0 Å². The summed E-state index contributed by atoms with van der Waals surface area (Å²) in [5, 5.41) is 1.73. The lowest BCUT2D eigenvalue weighted by molar-refractivity contribution is -0.138. The molecule has 0 N–H and O–H groups in total. The van der Waals surface area contributed by atoms with Crippen molar-refractivity contribution in [3.05, 3.63) is 41.2 Å². The van der Waals surface area contributed by atoms with Crippen LogP contribution in [0.15, 0.2) is 30.1 Å². The highest BCUT2D eigenvalue weighted by atomic mass is 31.1. The fourth-order valence-electron chi connectivity index (χ4n) is 1.95. The van der Waals surface area contributed by atoms with Gasteiger partial charge < -0.3 is 4.74 Å². The molecule has 20 heavy (non-hydrogen) atoms. The Bertz CT molecular complexity index is 466. The highest BCUT2D eigenvalue weighted by Crippen LogP contribution is 2.24. The van der Waals surface area contributed by atoms with Gasteiger partial charge in [-0.1, -0.05) is 65.1 Å². The average Bonchev–Trinajstić information content (AvgIpc) is 2.41. The van der Waals surface area contributed by atoms with E-state index in [1.165, 1.54) is 29.3 Å². The molecule has 0 aromatic heterocycles. The Labute approximate surface area is 124 Å². The number of hydrogen-bond acceptors (Lipinski definition) is 2. The zero-order valence-corrected chi connectivity index (χ0v) is 13.8. The van der Waals surface area contributed by atoms with Crippen LogP contribution < -0.4 is 5.30 Å². The molecule has 1 atom stereocenters. The first-order valence-electron chi connectivity index (χ1n) is 7.25. The molecule has 0 saturated carbocycles. The van der Waals surface area contributed by atoms with Crippen molar-refractivity contribution in [2.75, 3.05) is 6.61 Å². The molecule has 1 rings (SSSR count). The molecule has 0 aliphatic rings. The van der Waals surface area contributed by atoms with Gasteiger partial charge in [0.2, 0.25) is 0 Å². The van der Waals surface area contributed by atoms with Gasteiger partial charge in [0.15, 0.2) is 0 Å². The number of rotatable bonds is 8. The Morgan fingerprint density at radius 2 is 2.00 bits per heavy atom. The van der Waals surface area contributed by atoms with Crippen molar-refractivity contribution in [3.8, 4) is 0 Å². The predicted molar refractivity (Wildman–Crippen MR) is 88.1 cm³/mol. The second-order valence-electron chi connectivity index (χ2n) is 5.12. The van der Waals surface area contributed by atoms with E-state index in [-0.39, 0.29) is 5.97 Å². The molecule has 3 heteroatoms. The molecule has 0 amide bonds. The van der Waals surface area contributed by atoms with Crippen molar-refractivity contribution in [2.24, 2.45) is 0 Å². The Hall–Kier alpha value is -1.14. The van der Waals surface area contributed by atoms with Crippen LogP contribution in [-0.4, -0.2) is 12.6 Å². The molecule has 0 radical (unpaired) electrons. The van der Waals surface area contributed by atoms with E-state index in [0.29, 0.717) is 20.5 Å². The molecular weight excluding hydrogens is 267 g/mol. The highest BCUT2D eigenvalue weighted by molar-refractivity contribution is 7.53. The van der Waals surface area contributed by atoms with Crippen LogP contribution in [0.3, 0.4) is 0 Å². The molecule has 0 aliphatic heterocycles. The third-order valence-electron chi connectivity index (χ3n) is 3.14. The van der Waals surface area contributed by atoms with Crippen molar-refractivity contribution in [2.45, 2.75) is 46.5 Å². The largest absolute Gasteiger partial charge is 0.462 e. The summed E-state index contributed by atoms with van der Waals surface area (Å²) in [4.78, 5) is 11.8. The maximum Gasteiger partial charge on any atom is 0.338 e. The lowest BCUT2D eigenvalue weighted by Crippen LogP contribution is -2.09. The molecule has 2 nitrogen and oxygen atoms in total. The van der Waals surface area contributed by atoms with Gasteiger partial charge in [-0.15, -0.1) is 0 Å². The van der Waals surface area contributed by atoms with Crippen molar-refractivity contribution >= 4 is 19.9 Å². The van der Waals surface area contributed by atoms with E-state index in [1.54, 1.807) is 0 Å². The van der Waals surface area contributed by atoms with Gasteiger partial charge in [-0.2, -0.15) is 0 Å². The quantitative estimate of drug-likeness (QED) is 0.310. The second kappa shape index (κ2) is 8.92. The summed E-state index contributed by atoms with van der Waals surface area (Å²) < 4.78 is 5.25. The van der Waals surface area contributed by atoms with Crippen LogP contribution in [-0.2, 0) is 9.53 Å². The molecule has 0 fully saturated rings. The van der Waals surface area contributed by atoms with Crippen LogP contribution in [0.5, 0.6) is 0 Å². The van der Waals surface area contributed by atoms with Crippen molar-refractivity contribution in [1.29, 1.82) is 0 Å². The zero-order valence-electron chi connectivity index (χ0n) is 12.8. The van der Waals surface area contributed by atoms with Crippen molar-refractivity contribution < 1.29 is 9.53 Å². The summed E-state index contributed by atoms with van der Waals surface area (Å²) in [6.07, 6.45) is 4.45. The van der Waals surface area contributed by atoms with Gasteiger partial charge in [0.05, 0.1) is 11.9 Å². The summed E-state index contributed by atoms with van der Waals surface area (Å²) in [6, 6.07) is 6.27. The van der Waals surface area contributed by atoms with E-state index in [0.717, 1.165) is 12.8 Å². The number of aryl methyl sites for hydroxylation is 2. The summed E-state index contributed by atoms with van der Waals surface area (Å²) in [7, 11) is 0.297. The van der Waals surface area contributed by atoms with Crippen LogP contribution in [0.4, 0.5) is 0 Å². The molecule has 1 aromatic carbocycles. The number of ether oxygens (including phenoxy) is 1. The van der Waals surface area contributed by atoms with Gasteiger partial charge in [-0.05, 0) is 31.1 Å². The number of unbranched alkanes of at least 4 members (excludes halogenated alkanes) is 3. The van der Waals surface area contributed by atoms with Gasteiger partial charge >= 0.3 is 5.97 Å². The van der Waals surface area contributed by atoms with E-state index in [2.05, 4.69) is 45.5 Å². The maximum atomic E-state index is 11.8. The molecule has 110 valence electrons. The summed E-state index contributed by atoms with van der Waals surface area (Å²) in [5.74, 6) is -0.250. The molecule has 0 bridgehead atoms. The number of benzene rings is 1. The molecule has 0 heterocycles. The SMILES string of the molecule is C=C(Pc1ccc(C)cc1C)C(=O)OCCCCCC. The predicted octanol–water partition coefficient (Wildman–Crippen LogP) is 4.24. The van der Waals surface area contributed by atoms with Gasteiger partial charge in [0, 0.05) is 0 Å². The monoisotopic (exact) mass is 292 g/mol. The standard InChI is InChI=1S/C17H25O2P/c1-5-6-7-8-11-19-17(18)15(4)20-16-10-9-13(2)12-14(16)3/h9-10,12,20H,4-8,11H2,1-3H3. The summed E-state index contributed by atoms with van der Waals surface area (Å²) >= 11 is 0. The lowest BCUT2D eigenvalue weighted by Gasteiger charge is -2.09. The van der Waals surface area contributed by atoms with Crippen LogP contribution in [0, 0.1) is 13.8 Å². The Kier molecular flexibility index (Phi) is 7.54. The minimum Gasteiger partial charge on any atom is -0.462 e. The molecule has 0 spiro atoms. The van der Waals surface area contributed by atoms with Crippen LogP contribution in [0.25, 0.3) is 0 Å². The first-order valence-corrected chi connectivity index (χ1v) is 8.25. The van der Waals surface area contributed by atoms with Gasteiger partial charge in [-0.25, -0.2) is 4.79 Å². The highest BCUT2D eigenvalue weighted by Gasteiger charge is 2.10. The summed E-state index contributed by atoms with van der Waals surface area (Å²) in [5.41, 5.74) is 2.44. The number of carbonyl (C=O) groups is 1. The van der Waals surface area contributed by atoms with E-state index in [9.17, 15) is 4.79 Å². The fourth-order valence-corrected chi connectivity index (χ4v) is 2.88. The lowest BCUT2D eigenvalue weighted by atomic mass is 10.2. The Morgan fingerprint density at radius 1 is 1.25 bits per heavy atom. The van der Waals surface area contributed by atoms with Crippen LogP contribution >= 0.6 is 8.58 Å². The fraction of sp³-hybridized carbons (Fsp3) is 0.471. The number of hydrogen-bond donors (Lipinski definition) is 0. The molecule has 0 aliphatic carbocycles. The Balaban J connectivity index is 2.39. The van der Waals surface area contributed by atoms with Crippen LogP contribution in [0.2, 0.25) is 0 Å². The molecule has 0 saturated heterocycles. The molecule has 1 aromatic rings. The maximum absolute atomic E-state index is 11.8. The van der Waals surface area contributed by atoms with E-state index in [1.807, 2.05) is 0 Å². The van der Waals surface area contributed by atoms with E-state index >= 15 is 0 Å². The van der Waals surface area contributed by atoms with E-state index < -0.39 is 0 Å². The molecule has 1 unspecified atom stereocenters. The first-order chi connectivity index (χ1) is 9.54. The number of esters is 1. The minimum atomic E-state index is -0.250. The van der Waals surface area contributed by atoms with Crippen molar-refractivity contribution in [1.82, 2.24) is 0 Å². The summed E-state index contributed by atoms with van der Waals surface area (Å²) in [6.45, 7) is 10.7. The van der Waals surface area contributed by atoms with Gasteiger partial charge in [0.1, 0.15) is 0 Å². The molecular formula is C17H25O2P. The third-order valence-corrected chi connectivity index (χ3v) is 4.48. The average molecular weight is 292 g/mol. The second-order valence-corrected chi connectivity index (χ2v) is 6.51. The van der Waals surface area contributed by atoms with Gasteiger partial charge in [-0.3, -0.25) is 0 Å². The first kappa shape index (κ1) is 16.9. The smallest absolute Gasteiger partial charge is 0.338 e. The number of carbonyl (C=O) groups excluding carboxylic acids is 1. The van der Waals surface area contributed by atoms with E-state index in [4.69, 9.17) is 4.74 Å².